The van der Waals surface area contributed by atoms with Crippen LogP contribution in [0, 0.1) is 0 Å². The van der Waals surface area contributed by atoms with Crippen LogP contribution in [0.15, 0.2) is 29.2 Å². The SMILES string of the molecule is COc1ccc(S(=O)(=O)N2CCN(C(=O)c3cc4c(s3)CCCCC4)CC2)cc1OC. The molecule has 1 fully saturated rings. The van der Waals surface area contributed by atoms with Crippen molar-refractivity contribution in [3.8, 4) is 11.5 Å². The van der Waals surface area contributed by atoms with E-state index >= 15 is 0 Å². The maximum Gasteiger partial charge on any atom is 0.264 e. The van der Waals surface area contributed by atoms with Crippen LogP contribution in [-0.4, -0.2) is 63.9 Å². The molecule has 1 aliphatic heterocycles. The van der Waals surface area contributed by atoms with E-state index in [2.05, 4.69) is 6.07 Å². The molecule has 0 unspecified atom stereocenters. The number of carbonyl (C=O) groups is 1. The van der Waals surface area contributed by atoms with Crippen molar-refractivity contribution >= 4 is 27.3 Å². The number of hydrogen-bond acceptors (Lipinski definition) is 6. The first kappa shape index (κ1) is 22.1. The second-order valence-electron chi connectivity index (χ2n) is 7.83. The lowest BCUT2D eigenvalue weighted by atomic mass is 10.1. The molecule has 0 N–H and O–H groups in total. The molecule has 1 aromatic heterocycles. The molecule has 0 spiro atoms. The minimum Gasteiger partial charge on any atom is -0.493 e. The van der Waals surface area contributed by atoms with Crippen molar-refractivity contribution in [2.75, 3.05) is 40.4 Å². The van der Waals surface area contributed by atoms with E-state index in [4.69, 9.17) is 9.47 Å². The van der Waals surface area contributed by atoms with Gasteiger partial charge in [0.25, 0.3) is 5.91 Å². The number of carbonyl (C=O) groups excluding carboxylic acids is 1. The molecule has 7 nitrogen and oxygen atoms in total. The largest absolute Gasteiger partial charge is 0.493 e. The molecule has 0 bridgehead atoms. The topological polar surface area (TPSA) is 76.2 Å². The number of thiophene rings is 1. The number of nitrogens with zero attached hydrogens (tertiary/aromatic N) is 2. The van der Waals surface area contributed by atoms with Gasteiger partial charge in [-0.2, -0.15) is 4.31 Å². The normalized spacial score (nSPS) is 17.7. The molecule has 1 aromatic carbocycles. The number of ether oxygens (including phenoxy) is 2. The maximum absolute atomic E-state index is 13.1. The Morgan fingerprint density at radius 2 is 1.65 bits per heavy atom. The second kappa shape index (κ2) is 9.18. The minimum atomic E-state index is -3.68. The molecule has 31 heavy (non-hydrogen) atoms. The fourth-order valence-corrected chi connectivity index (χ4v) is 6.85. The van der Waals surface area contributed by atoms with E-state index < -0.39 is 10.0 Å². The summed E-state index contributed by atoms with van der Waals surface area (Å²) in [5.74, 6) is 0.863. The Labute approximate surface area is 187 Å². The third kappa shape index (κ3) is 4.44. The van der Waals surface area contributed by atoms with Crippen LogP contribution >= 0.6 is 11.3 Å². The van der Waals surface area contributed by atoms with Gasteiger partial charge >= 0.3 is 0 Å². The van der Waals surface area contributed by atoms with Gasteiger partial charge in [-0.15, -0.1) is 11.3 Å². The summed E-state index contributed by atoms with van der Waals surface area (Å²) >= 11 is 1.61. The fourth-order valence-electron chi connectivity index (χ4n) is 4.19. The molecule has 1 aliphatic carbocycles. The second-order valence-corrected chi connectivity index (χ2v) is 10.9. The average Bonchev–Trinajstić information content (AvgIpc) is 3.08. The Balaban J connectivity index is 1.44. The van der Waals surface area contributed by atoms with E-state index in [0.29, 0.717) is 24.6 Å². The molecule has 1 amide bonds. The van der Waals surface area contributed by atoms with E-state index in [1.807, 2.05) is 0 Å². The van der Waals surface area contributed by atoms with Gasteiger partial charge < -0.3 is 14.4 Å². The van der Waals surface area contributed by atoms with Crippen LogP contribution in [-0.2, 0) is 22.9 Å². The highest BCUT2D eigenvalue weighted by atomic mass is 32.2. The van der Waals surface area contributed by atoms with Gasteiger partial charge in [-0.05, 0) is 49.4 Å². The summed E-state index contributed by atoms with van der Waals surface area (Å²) in [7, 11) is -0.694. The molecule has 9 heteroatoms. The van der Waals surface area contributed by atoms with Gasteiger partial charge in [0.1, 0.15) is 0 Å². The average molecular weight is 465 g/mol. The Bertz CT molecular complexity index is 1030. The lowest BCUT2D eigenvalue weighted by molar-refractivity contribution is 0.0702. The zero-order valence-electron chi connectivity index (χ0n) is 17.9. The van der Waals surface area contributed by atoms with Gasteiger partial charge in [0.05, 0.1) is 24.0 Å². The van der Waals surface area contributed by atoms with Gasteiger partial charge in [0.15, 0.2) is 11.5 Å². The molecule has 0 saturated carbocycles. The van der Waals surface area contributed by atoms with Crippen molar-refractivity contribution in [2.45, 2.75) is 37.0 Å². The Morgan fingerprint density at radius 3 is 2.35 bits per heavy atom. The maximum atomic E-state index is 13.1. The van der Waals surface area contributed by atoms with E-state index in [1.54, 1.807) is 22.3 Å². The summed E-state index contributed by atoms with van der Waals surface area (Å²) < 4.78 is 38.1. The molecule has 2 heterocycles. The summed E-state index contributed by atoms with van der Waals surface area (Å²) in [6, 6.07) is 6.64. The summed E-state index contributed by atoms with van der Waals surface area (Å²) in [5, 5.41) is 0. The van der Waals surface area contributed by atoms with Crippen LogP contribution in [0.4, 0.5) is 0 Å². The summed E-state index contributed by atoms with van der Waals surface area (Å²) in [6.07, 6.45) is 5.74. The van der Waals surface area contributed by atoms with Crippen LogP contribution in [0.1, 0.15) is 39.4 Å². The van der Waals surface area contributed by atoms with Crippen molar-refractivity contribution in [1.82, 2.24) is 9.21 Å². The van der Waals surface area contributed by atoms with Gasteiger partial charge in [-0.25, -0.2) is 8.42 Å². The van der Waals surface area contributed by atoms with Crippen molar-refractivity contribution in [1.29, 1.82) is 0 Å². The minimum absolute atomic E-state index is 0.0150. The first-order valence-corrected chi connectivity index (χ1v) is 12.8. The highest BCUT2D eigenvalue weighted by molar-refractivity contribution is 7.89. The number of hydrogen-bond donors (Lipinski definition) is 0. The van der Waals surface area contributed by atoms with Gasteiger partial charge in [0.2, 0.25) is 10.0 Å². The molecular weight excluding hydrogens is 436 g/mol. The number of amides is 1. The van der Waals surface area contributed by atoms with E-state index in [-0.39, 0.29) is 23.9 Å². The third-order valence-electron chi connectivity index (χ3n) is 5.98. The number of methoxy groups -OCH3 is 2. The van der Waals surface area contributed by atoms with Crippen molar-refractivity contribution in [2.24, 2.45) is 0 Å². The molecule has 4 rings (SSSR count). The smallest absolute Gasteiger partial charge is 0.264 e. The first-order valence-electron chi connectivity index (χ1n) is 10.6. The zero-order chi connectivity index (χ0) is 22.0. The number of piperazine rings is 1. The number of rotatable bonds is 5. The van der Waals surface area contributed by atoms with Crippen LogP contribution in [0.25, 0.3) is 0 Å². The third-order valence-corrected chi connectivity index (χ3v) is 9.10. The molecular formula is C22H28N2O5S2. The van der Waals surface area contributed by atoms with Crippen molar-refractivity contribution in [3.63, 3.8) is 0 Å². The number of fused-ring (bicyclic) bond motifs is 1. The van der Waals surface area contributed by atoms with Gasteiger partial charge in [-0.1, -0.05) is 6.42 Å². The standard InChI is InChI=1S/C22H28N2O5S2/c1-28-18-9-8-17(15-19(18)29-2)31(26,27)24-12-10-23(11-13-24)22(25)21-14-16-6-4-3-5-7-20(16)30-21/h8-9,14-15H,3-7,10-13H2,1-2H3. The quantitative estimate of drug-likeness (QED) is 0.636. The highest BCUT2D eigenvalue weighted by Crippen LogP contribution is 2.32. The Morgan fingerprint density at radius 1 is 0.935 bits per heavy atom. The lowest BCUT2D eigenvalue weighted by Crippen LogP contribution is -2.50. The molecule has 0 atom stereocenters. The van der Waals surface area contributed by atoms with Crippen LogP contribution in [0.5, 0.6) is 11.5 Å². The van der Waals surface area contributed by atoms with Crippen molar-refractivity contribution in [3.05, 3.63) is 39.6 Å². The van der Waals surface area contributed by atoms with E-state index in [9.17, 15) is 13.2 Å². The van der Waals surface area contributed by atoms with Crippen LogP contribution in [0.3, 0.4) is 0 Å². The van der Waals surface area contributed by atoms with E-state index in [0.717, 1.165) is 17.7 Å². The fraction of sp³-hybridized carbons (Fsp3) is 0.500. The number of benzene rings is 1. The molecule has 0 radical (unpaired) electrons. The lowest BCUT2D eigenvalue weighted by Gasteiger charge is -2.33. The highest BCUT2D eigenvalue weighted by Gasteiger charge is 2.32. The molecule has 2 aromatic rings. The Hall–Kier alpha value is -2.10. The number of sulfonamides is 1. The van der Waals surface area contributed by atoms with Crippen LogP contribution in [0.2, 0.25) is 0 Å². The first-order chi connectivity index (χ1) is 14.9. The van der Waals surface area contributed by atoms with Gasteiger partial charge in [-0.3, -0.25) is 4.79 Å². The molecule has 168 valence electrons. The van der Waals surface area contributed by atoms with E-state index in [1.165, 1.54) is 60.4 Å². The predicted octanol–water partition coefficient (Wildman–Crippen LogP) is 3.18. The predicted molar refractivity (Wildman–Crippen MR) is 120 cm³/mol. The zero-order valence-corrected chi connectivity index (χ0v) is 19.6. The summed E-state index contributed by atoms with van der Waals surface area (Å²) in [6.45, 7) is 1.31. The molecule has 1 saturated heterocycles. The monoisotopic (exact) mass is 464 g/mol. The van der Waals surface area contributed by atoms with Crippen molar-refractivity contribution < 1.29 is 22.7 Å². The number of aryl methyl sites for hydroxylation is 2. The molecule has 2 aliphatic rings. The van der Waals surface area contributed by atoms with Gasteiger partial charge in [0, 0.05) is 37.1 Å². The van der Waals surface area contributed by atoms with Crippen LogP contribution < -0.4 is 9.47 Å². The Kier molecular flexibility index (Phi) is 6.55. The summed E-state index contributed by atoms with van der Waals surface area (Å²) in [4.78, 5) is 17.1. The summed E-state index contributed by atoms with van der Waals surface area (Å²) in [5.41, 5.74) is 1.32.